The molecule has 0 radical (unpaired) electrons. The highest BCUT2D eigenvalue weighted by atomic mass is 15.0. The monoisotopic (exact) mass is 168 g/mol. The minimum Gasteiger partial charge on any atom is -0.237 e. The van der Waals surface area contributed by atoms with Gasteiger partial charge in [-0.05, 0) is 6.42 Å². The Kier molecular flexibility index (Phi) is 4.34. The highest BCUT2D eigenvalue weighted by Gasteiger charge is 2.15. The van der Waals surface area contributed by atoms with Crippen LogP contribution in [0.2, 0.25) is 0 Å². The summed E-state index contributed by atoms with van der Waals surface area (Å²) in [7, 11) is 0. The molecule has 0 amide bonds. The maximum absolute atomic E-state index is 2.57. The Morgan fingerprint density at radius 2 is 1.83 bits per heavy atom. The van der Waals surface area contributed by atoms with Crippen molar-refractivity contribution in [3.05, 3.63) is 0 Å². The van der Waals surface area contributed by atoms with Crippen LogP contribution in [0.4, 0.5) is 0 Å². The molecule has 12 heavy (non-hydrogen) atoms. The van der Waals surface area contributed by atoms with E-state index in [1.807, 2.05) is 0 Å². The van der Waals surface area contributed by atoms with Crippen molar-refractivity contribution in [2.45, 2.75) is 52.4 Å². The maximum Gasteiger partial charge on any atom is 0.149 e. The molecule has 1 rings (SSSR count). The van der Waals surface area contributed by atoms with Gasteiger partial charge in [0.2, 0.25) is 0 Å². The van der Waals surface area contributed by atoms with Gasteiger partial charge in [-0.25, -0.2) is 4.58 Å². The summed E-state index contributed by atoms with van der Waals surface area (Å²) in [5.41, 5.74) is 1.63. The van der Waals surface area contributed by atoms with Gasteiger partial charge in [0.05, 0.1) is 0 Å². The molecule has 0 bridgehead atoms. The van der Waals surface area contributed by atoms with E-state index >= 15 is 0 Å². The van der Waals surface area contributed by atoms with Gasteiger partial charge in [-0.1, -0.05) is 19.8 Å². The number of unbranched alkanes of at least 4 members (excludes halogenated alkanes) is 2. The molecule has 1 aliphatic rings. The molecule has 0 aromatic carbocycles. The first-order valence-corrected chi connectivity index (χ1v) is 5.42. The van der Waals surface area contributed by atoms with Crippen LogP contribution in [0.3, 0.4) is 0 Å². The minimum atomic E-state index is 1.32. The molecule has 1 saturated heterocycles. The molecule has 0 N–H and O–H groups in total. The van der Waals surface area contributed by atoms with Gasteiger partial charge in [0.15, 0.2) is 0 Å². The smallest absolute Gasteiger partial charge is 0.149 e. The standard InChI is InChI=1S/C11H22N/c1-3-4-5-8-11(2)12-9-6-7-10-12/h3-10H2,1-2H3/q+1. The molecule has 0 saturated carbocycles. The van der Waals surface area contributed by atoms with Crippen LogP contribution in [0.1, 0.15) is 52.4 Å². The summed E-state index contributed by atoms with van der Waals surface area (Å²) in [6, 6.07) is 0. The lowest BCUT2D eigenvalue weighted by Crippen LogP contribution is -2.15. The van der Waals surface area contributed by atoms with Gasteiger partial charge in [-0.3, -0.25) is 0 Å². The molecule has 0 aromatic heterocycles. The molecule has 1 fully saturated rings. The predicted octanol–water partition coefficient (Wildman–Crippen LogP) is 2.83. The number of rotatable bonds is 4. The molecule has 0 aliphatic carbocycles. The van der Waals surface area contributed by atoms with Crippen LogP contribution in [-0.2, 0) is 0 Å². The zero-order valence-corrected chi connectivity index (χ0v) is 8.60. The molecular weight excluding hydrogens is 146 g/mol. The van der Waals surface area contributed by atoms with Crippen LogP contribution in [0.15, 0.2) is 0 Å². The van der Waals surface area contributed by atoms with E-state index in [0.29, 0.717) is 0 Å². The Labute approximate surface area is 76.5 Å². The van der Waals surface area contributed by atoms with Crippen LogP contribution in [-0.4, -0.2) is 23.4 Å². The van der Waals surface area contributed by atoms with E-state index in [9.17, 15) is 0 Å². The van der Waals surface area contributed by atoms with Crippen LogP contribution in [0.25, 0.3) is 0 Å². The number of hydrogen-bond donors (Lipinski definition) is 0. The topological polar surface area (TPSA) is 3.01 Å². The first-order valence-electron chi connectivity index (χ1n) is 5.42. The van der Waals surface area contributed by atoms with Crippen LogP contribution in [0, 0.1) is 0 Å². The summed E-state index contributed by atoms with van der Waals surface area (Å²) in [5, 5.41) is 0. The molecule has 1 aliphatic heterocycles. The predicted molar refractivity (Wildman–Crippen MR) is 54.1 cm³/mol. The molecule has 70 valence electrons. The van der Waals surface area contributed by atoms with E-state index in [2.05, 4.69) is 18.4 Å². The molecule has 1 nitrogen and oxygen atoms in total. The van der Waals surface area contributed by atoms with E-state index in [4.69, 9.17) is 0 Å². The largest absolute Gasteiger partial charge is 0.237 e. The van der Waals surface area contributed by atoms with Crippen molar-refractivity contribution in [3.63, 3.8) is 0 Å². The molecular formula is C11H22N+. The number of hydrogen-bond acceptors (Lipinski definition) is 0. The lowest BCUT2D eigenvalue weighted by atomic mass is 10.1. The quantitative estimate of drug-likeness (QED) is 0.448. The van der Waals surface area contributed by atoms with Crippen molar-refractivity contribution >= 4 is 5.71 Å². The van der Waals surface area contributed by atoms with Gasteiger partial charge in [0, 0.05) is 26.2 Å². The van der Waals surface area contributed by atoms with Crippen LogP contribution in [0.5, 0.6) is 0 Å². The molecule has 0 spiro atoms. The fourth-order valence-corrected chi connectivity index (χ4v) is 1.89. The summed E-state index contributed by atoms with van der Waals surface area (Å²) in [4.78, 5) is 0. The molecule has 1 heterocycles. The van der Waals surface area contributed by atoms with Gasteiger partial charge in [0.25, 0.3) is 0 Å². The summed E-state index contributed by atoms with van der Waals surface area (Å²) in [6.45, 7) is 7.21. The Morgan fingerprint density at radius 1 is 1.17 bits per heavy atom. The Morgan fingerprint density at radius 3 is 2.42 bits per heavy atom. The third-order valence-electron chi connectivity index (χ3n) is 2.79. The summed E-state index contributed by atoms with van der Waals surface area (Å²) in [6.07, 6.45) is 8.27. The minimum absolute atomic E-state index is 1.32. The first-order chi connectivity index (χ1) is 5.84. The second kappa shape index (κ2) is 5.34. The normalized spacial score (nSPS) is 17.0. The van der Waals surface area contributed by atoms with Gasteiger partial charge in [-0.15, -0.1) is 0 Å². The van der Waals surface area contributed by atoms with Gasteiger partial charge in [0.1, 0.15) is 18.8 Å². The number of nitrogens with zero attached hydrogens (tertiary/aromatic N) is 1. The zero-order chi connectivity index (χ0) is 8.81. The van der Waals surface area contributed by atoms with Crippen LogP contribution >= 0.6 is 0 Å². The van der Waals surface area contributed by atoms with E-state index < -0.39 is 0 Å². The van der Waals surface area contributed by atoms with Crippen molar-refractivity contribution in [3.8, 4) is 0 Å². The average Bonchev–Trinajstić information content (AvgIpc) is 2.56. The summed E-state index contributed by atoms with van der Waals surface area (Å²) < 4.78 is 2.57. The van der Waals surface area contributed by atoms with Crippen molar-refractivity contribution in [1.82, 2.24) is 0 Å². The van der Waals surface area contributed by atoms with E-state index in [1.165, 1.54) is 51.6 Å². The second-order valence-corrected chi connectivity index (χ2v) is 3.89. The second-order valence-electron chi connectivity index (χ2n) is 3.89. The SMILES string of the molecule is CCCCCC(C)=[N+]1CCCC1. The Balaban J connectivity index is 2.25. The molecule has 0 atom stereocenters. The van der Waals surface area contributed by atoms with Crippen LogP contribution < -0.4 is 0 Å². The highest BCUT2D eigenvalue weighted by Crippen LogP contribution is 2.06. The van der Waals surface area contributed by atoms with Gasteiger partial charge >= 0.3 is 0 Å². The fourth-order valence-electron chi connectivity index (χ4n) is 1.89. The maximum atomic E-state index is 2.57. The highest BCUT2D eigenvalue weighted by molar-refractivity contribution is 5.76. The first kappa shape index (κ1) is 9.76. The fraction of sp³-hybridized carbons (Fsp3) is 0.909. The van der Waals surface area contributed by atoms with E-state index in [-0.39, 0.29) is 0 Å². The molecule has 0 aromatic rings. The zero-order valence-electron chi connectivity index (χ0n) is 8.60. The summed E-state index contributed by atoms with van der Waals surface area (Å²) in [5.74, 6) is 0. The average molecular weight is 168 g/mol. The van der Waals surface area contributed by atoms with Crippen molar-refractivity contribution in [2.24, 2.45) is 0 Å². The van der Waals surface area contributed by atoms with E-state index in [0.717, 1.165) is 0 Å². The third-order valence-corrected chi connectivity index (χ3v) is 2.79. The lowest BCUT2D eigenvalue weighted by molar-refractivity contribution is -0.507. The Bertz CT molecular complexity index is 150. The van der Waals surface area contributed by atoms with E-state index in [1.54, 1.807) is 5.71 Å². The van der Waals surface area contributed by atoms with Crippen molar-refractivity contribution in [2.75, 3.05) is 13.1 Å². The van der Waals surface area contributed by atoms with Crippen molar-refractivity contribution in [1.29, 1.82) is 0 Å². The summed E-state index contributed by atoms with van der Waals surface area (Å²) >= 11 is 0. The molecule has 1 heteroatoms. The van der Waals surface area contributed by atoms with Gasteiger partial charge < -0.3 is 0 Å². The van der Waals surface area contributed by atoms with Crippen molar-refractivity contribution < 1.29 is 4.58 Å². The van der Waals surface area contributed by atoms with Gasteiger partial charge in [-0.2, -0.15) is 0 Å². The lowest BCUT2D eigenvalue weighted by Gasteiger charge is -1.99. The third kappa shape index (κ3) is 2.96. The Hall–Kier alpha value is -0.330. The molecule has 0 unspecified atom stereocenters.